The van der Waals surface area contributed by atoms with Gasteiger partial charge >= 0.3 is 0 Å². The summed E-state index contributed by atoms with van der Waals surface area (Å²) >= 11 is 3.36. The summed E-state index contributed by atoms with van der Waals surface area (Å²) in [6.07, 6.45) is 0.149. The van der Waals surface area contributed by atoms with Crippen LogP contribution in [0.1, 0.15) is 5.69 Å². The highest BCUT2D eigenvalue weighted by atomic mass is 79.9. The van der Waals surface area contributed by atoms with Crippen molar-refractivity contribution in [1.29, 1.82) is 0 Å². The van der Waals surface area contributed by atoms with Gasteiger partial charge in [-0.1, -0.05) is 21.1 Å². The predicted molar refractivity (Wildman–Crippen MR) is 95.0 cm³/mol. The van der Waals surface area contributed by atoms with E-state index in [1.807, 2.05) is 48.5 Å². The van der Waals surface area contributed by atoms with E-state index in [2.05, 4.69) is 26.4 Å². The molecule has 0 radical (unpaired) electrons. The molecule has 1 amide bonds. The Morgan fingerprint density at radius 1 is 1.17 bits per heavy atom. The molecule has 5 nitrogen and oxygen atoms in total. The predicted octanol–water partition coefficient (Wildman–Crippen LogP) is 4.29. The number of nitrogens with zero attached hydrogens (tertiary/aromatic N) is 1. The van der Waals surface area contributed by atoms with Crippen molar-refractivity contribution in [3.05, 3.63) is 64.8 Å². The maximum absolute atomic E-state index is 12.1. The highest BCUT2D eigenvalue weighted by molar-refractivity contribution is 9.10. The smallest absolute Gasteiger partial charge is 0.230 e. The molecule has 0 fully saturated rings. The first-order valence-electron chi connectivity index (χ1n) is 7.29. The Bertz CT molecular complexity index is 826. The summed E-state index contributed by atoms with van der Waals surface area (Å²) in [7, 11) is 1.62. The summed E-state index contributed by atoms with van der Waals surface area (Å²) in [4.78, 5) is 12.1. The minimum Gasteiger partial charge on any atom is -0.497 e. The van der Waals surface area contributed by atoms with E-state index >= 15 is 0 Å². The Labute approximate surface area is 147 Å². The van der Waals surface area contributed by atoms with Gasteiger partial charge in [0.2, 0.25) is 5.91 Å². The molecule has 0 saturated heterocycles. The van der Waals surface area contributed by atoms with E-state index in [1.54, 1.807) is 13.2 Å². The Morgan fingerprint density at radius 2 is 1.88 bits per heavy atom. The van der Waals surface area contributed by atoms with Gasteiger partial charge < -0.3 is 14.6 Å². The van der Waals surface area contributed by atoms with Crippen molar-refractivity contribution >= 4 is 27.5 Å². The molecule has 0 aliphatic carbocycles. The monoisotopic (exact) mass is 386 g/mol. The van der Waals surface area contributed by atoms with Gasteiger partial charge in [-0.05, 0) is 48.5 Å². The number of hydrogen-bond acceptors (Lipinski definition) is 4. The van der Waals surface area contributed by atoms with Crippen molar-refractivity contribution in [2.45, 2.75) is 6.42 Å². The molecule has 0 saturated carbocycles. The van der Waals surface area contributed by atoms with E-state index in [4.69, 9.17) is 9.26 Å². The van der Waals surface area contributed by atoms with E-state index < -0.39 is 0 Å². The average Bonchev–Trinajstić information content (AvgIpc) is 3.05. The maximum atomic E-state index is 12.1. The topological polar surface area (TPSA) is 64.4 Å². The van der Waals surface area contributed by atoms with Gasteiger partial charge in [-0.3, -0.25) is 4.79 Å². The molecule has 0 unspecified atom stereocenters. The second-order valence-corrected chi connectivity index (χ2v) is 6.06. The molecule has 0 spiro atoms. The molecule has 0 aliphatic heterocycles. The Morgan fingerprint density at radius 3 is 2.54 bits per heavy atom. The number of benzene rings is 2. The van der Waals surface area contributed by atoms with Crippen LogP contribution in [-0.4, -0.2) is 18.2 Å². The number of rotatable bonds is 5. The van der Waals surface area contributed by atoms with Crippen molar-refractivity contribution < 1.29 is 14.1 Å². The normalized spacial score (nSPS) is 10.4. The summed E-state index contributed by atoms with van der Waals surface area (Å²) in [5, 5.41) is 6.78. The van der Waals surface area contributed by atoms with E-state index in [-0.39, 0.29) is 12.3 Å². The number of halogens is 1. The van der Waals surface area contributed by atoms with Crippen LogP contribution in [0.2, 0.25) is 0 Å². The molecule has 0 aliphatic rings. The zero-order valence-electron chi connectivity index (χ0n) is 13.0. The summed E-state index contributed by atoms with van der Waals surface area (Å²) in [5.74, 6) is 1.24. The van der Waals surface area contributed by atoms with Crippen molar-refractivity contribution in [3.63, 3.8) is 0 Å². The molecule has 1 N–H and O–H groups in total. The highest BCUT2D eigenvalue weighted by Gasteiger charge is 2.11. The second-order valence-electron chi connectivity index (χ2n) is 5.14. The lowest BCUT2D eigenvalue weighted by atomic mass is 10.1. The first-order chi connectivity index (χ1) is 11.6. The number of amides is 1. The fraction of sp³-hybridized carbons (Fsp3) is 0.111. The summed E-state index contributed by atoms with van der Waals surface area (Å²) in [6.45, 7) is 0. The molecule has 3 aromatic rings. The van der Waals surface area contributed by atoms with Crippen LogP contribution in [0.3, 0.4) is 0 Å². The third-order valence-electron chi connectivity index (χ3n) is 3.40. The van der Waals surface area contributed by atoms with Gasteiger partial charge in [0, 0.05) is 21.8 Å². The highest BCUT2D eigenvalue weighted by Crippen LogP contribution is 2.23. The van der Waals surface area contributed by atoms with Gasteiger partial charge in [0.15, 0.2) is 5.76 Å². The van der Waals surface area contributed by atoms with Gasteiger partial charge in [-0.15, -0.1) is 0 Å². The first kappa shape index (κ1) is 16.3. The van der Waals surface area contributed by atoms with Crippen LogP contribution >= 0.6 is 15.9 Å². The van der Waals surface area contributed by atoms with Crippen LogP contribution in [0.15, 0.2) is 63.6 Å². The molecule has 2 aromatic carbocycles. The zero-order chi connectivity index (χ0) is 16.9. The van der Waals surface area contributed by atoms with Crippen LogP contribution < -0.4 is 10.1 Å². The lowest BCUT2D eigenvalue weighted by Gasteiger charge is -2.03. The zero-order valence-corrected chi connectivity index (χ0v) is 14.5. The van der Waals surface area contributed by atoms with Crippen LogP contribution in [0.4, 0.5) is 5.69 Å². The van der Waals surface area contributed by atoms with Gasteiger partial charge in [0.25, 0.3) is 0 Å². The lowest BCUT2D eigenvalue weighted by Crippen LogP contribution is -2.14. The first-order valence-corrected chi connectivity index (χ1v) is 8.09. The van der Waals surface area contributed by atoms with Gasteiger partial charge in [0.05, 0.1) is 19.2 Å². The number of anilines is 1. The fourth-order valence-electron chi connectivity index (χ4n) is 2.19. The van der Waals surface area contributed by atoms with Gasteiger partial charge in [0.1, 0.15) is 5.75 Å². The number of hydrogen-bond donors (Lipinski definition) is 1. The Kier molecular flexibility index (Phi) is 4.96. The SMILES string of the molecule is COc1ccc(-c2cc(CC(=O)Nc3ccc(Br)cc3)no2)cc1. The Hall–Kier alpha value is -2.60. The number of ether oxygens (including phenoxy) is 1. The second kappa shape index (κ2) is 7.31. The fourth-order valence-corrected chi connectivity index (χ4v) is 2.45. The van der Waals surface area contributed by atoms with Gasteiger partial charge in [-0.25, -0.2) is 0 Å². The summed E-state index contributed by atoms with van der Waals surface area (Å²) in [6, 6.07) is 16.6. The number of nitrogens with one attached hydrogen (secondary N) is 1. The largest absolute Gasteiger partial charge is 0.497 e. The molecular formula is C18H15BrN2O3. The summed E-state index contributed by atoms with van der Waals surface area (Å²) < 4.78 is 11.4. The van der Waals surface area contributed by atoms with E-state index in [1.165, 1.54) is 0 Å². The molecule has 1 aromatic heterocycles. The third-order valence-corrected chi connectivity index (χ3v) is 3.93. The van der Waals surface area contributed by atoms with Crippen LogP contribution in [0.5, 0.6) is 5.75 Å². The molecule has 1 heterocycles. The van der Waals surface area contributed by atoms with E-state index in [0.717, 1.165) is 21.5 Å². The number of methoxy groups -OCH3 is 1. The third kappa shape index (κ3) is 4.02. The molecule has 122 valence electrons. The standard InChI is InChI=1S/C18H15BrN2O3/c1-23-16-8-2-12(3-9-16)17-10-15(21-24-17)11-18(22)20-14-6-4-13(19)5-7-14/h2-10H,11H2,1H3,(H,20,22). The van der Waals surface area contributed by atoms with Crippen LogP contribution in [0, 0.1) is 0 Å². The molecule has 3 rings (SSSR count). The minimum absolute atomic E-state index is 0.146. The van der Waals surface area contributed by atoms with Crippen molar-refractivity contribution in [2.75, 3.05) is 12.4 Å². The minimum atomic E-state index is -0.146. The molecule has 24 heavy (non-hydrogen) atoms. The molecule has 6 heteroatoms. The Balaban J connectivity index is 1.64. The van der Waals surface area contributed by atoms with E-state index in [0.29, 0.717) is 11.5 Å². The van der Waals surface area contributed by atoms with Crippen molar-refractivity contribution in [3.8, 4) is 17.1 Å². The number of carbonyl (C=O) groups excluding carboxylic acids is 1. The molecular weight excluding hydrogens is 372 g/mol. The van der Waals surface area contributed by atoms with Gasteiger partial charge in [-0.2, -0.15) is 0 Å². The number of carbonyl (C=O) groups is 1. The average molecular weight is 387 g/mol. The van der Waals surface area contributed by atoms with Crippen LogP contribution in [0.25, 0.3) is 11.3 Å². The lowest BCUT2D eigenvalue weighted by molar-refractivity contribution is -0.115. The van der Waals surface area contributed by atoms with Crippen molar-refractivity contribution in [2.24, 2.45) is 0 Å². The number of aromatic nitrogens is 1. The van der Waals surface area contributed by atoms with Crippen LogP contribution in [-0.2, 0) is 11.2 Å². The molecule has 0 atom stereocenters. The summed E-state index contributed by atoms with van der Waals surface area (Å²) in [5.41, 5.74) is 2.19. The quantitative estimate of drug-likeness (QED) is 0.709. The maximum Gasteiger partial charge on any atom is 0.230 e. The van der Waals surface area contributed by atoms with Crippen molar-refractivity contribution in [1.82, 2.24) is 5.16 Å². The van der Waals surface area contributed by atoms with E-state index in [9.17, 15) is 4.79 Å². The molecule has 0 bridgehead atoms.